The maximum absolute atomic E-state index is 12.3. The summed E-state index contributed by atoms with van der Waals surface area (Å²) in [5.41, 5.74) is 5.29. The minimum atomic E-state index is -0.566. The van der Waals surface area contributed by atoms with E-state index in [-0.39, 0.29) is 5.91 Å². The Morgan fingerprint density at radius 2 is 2.15 bits per heavy atom. The number of nitrogens with one attached hydrogen (secondary N) is 2. The first-order valence-electron chi connectivity index (χ1n) is 8.69. The largest absolute Gasteiger partial charge is 0.382 e. The van der Waals surface area contributed by atoms with Crippen LogP contribution in [-0.2, 0) is 16.1 Å². The third-order valence-electron chi connectivity index (χ3n) is 4.68. The molecule has 1 amide bonds. The molecular weight excluding hydrogens is 328 g/mol. The number of hydrogen-bond acceptors (Lipinski definition) is 4. The second-order valence-electron chi connectivity index (χ2n) is 6.42. The Kier molecular flexibility index (Phi) is 4.39. The van der Waals surface area contributed by atoms with Crippen molar-refractivity contribution in [3.63, 3.8) is 0 Å². The Morgan fingerprint density at radius 3 is 3.00 bits per heavy atom. The molecule has 1 aromatic carbocycles. The lowest BCUT2D eigenvalue weighted by molar-refractivity contribution is -0.131. The number of para-hydroxylation sites is 1. The van der Waals surface area contributed by atoms with Crippen molar-refractivity contribution in [2.45, 2.75) is 25.9 Å². The van der Waals surface area contributed by atoms with Gasteiger partial charge >= 0.3 is 0 Å². The van der Waals surface area contributed by atoms with Gasteiger partial charge in [0.2, 0.25) is 6.10 Å². The van der Waals surface area contributed by atoms with Crippen LogP contribution in [0.25, 0.3) is 10.9 Å². The molecule has 3 heterocycles. The van der Waals surface area contributed by atoms with Gasteiger partial charge in [-0.3, -0.25) is 9.78 Å². The molecule has 132 valence electrons. The number of nitrogens with zero attached hydrogens (tertiary/aromatic N) is 2. The van der Waals surface area contributed by atoms with E-state index in [1.165, 1.54) is 16.5 Å². The average molecular weight is 348 g/mol. The number of aromatic nitrogens is 2. The van der Waals surface area contributed by atoms with E-state index in [1.54, 1.807) is 12.4 Å². The predicted molar refractivity (Wildman–Crippen MR) is 100 cm³/mol. The molecule has 1 aliphatic heterocycles. The fraction of sp³-hybridized carbons (Fsp3) is 0.250. The molecule has 6 heteroatoms. The molecule has 3 aromatic rings. The van der Waals surface area contributed by atoms with Crippen molar-refractivity contribution in [3.05, 3.63) is 65.6 Å². The molecule has 0 saturated heterocycles. The third kappa shape index (κ3) is 3.18. The first-order valence-corrected chi connectivity index (χ1v) is 8.69. The standard InChI is InChI=1S/C20H20N4O2/c1-13-3-2-4-16-15(12-23-19(13)16)7-10-22-20(25)18-11-17(24-26-18)14-5-8-21-9-6-14/h2-6,8-9,12,18,23H,7,10-11H2,1H3,(H,22,25)/t18-/m1/s1. The van der Waals surface area contributed by atoms with Crippen LogP contribution in [0.15, 0.2) is 54.1 Å². The highest BCUT2D eigenvalue weighted by Crippen LogP contribution is 2.21. The van der Waals surface area contributed by atoms with Crippen LogP contribution in [0.2, 0.25) is 0 Å². The number of aryl methyl sites for hydroxylation is 1. The molecule has 2 aromatic heterocycles. The Bertz CT molecular complexity index is 962. The molecule has 1 aliphatic rings. The van der Waals surface area contributed by atoms with Crippen molar-refractivity contribution in [3.8, 4) is 0 Å². The first kappa shape index (κ1) is 16.3. The van der Waals surface area contributed by atoms with Gasteiger partial charge in [-0.05, 0) is 36.6 Å². The van der Waals surface area contributed by atoms with Crippen molar-refractivity contribution in [1.29, 1.82) is 0 Å². The number of H-pyrrole nitrogens is 1. The van der Waals surface area contributed by atoms with E-state index in [9.17, 15) is 4.79 Å². The summed E-state index contributed by atoms with van der Waals surface area (Å²) in [5, 5.41) is 8.20. The van der Waals surface area contributed by atoms with Gasteiger partial charge in [-0.25, -0.2) is 0 Å². The summed E-state index contributed by atoms with van der Waals surface area (Å²) in [5.74, 6) is -0.131. The van der Waals surface area contributed by atoms with Crippen LogP contribution in [0.5, 0.6) is 0 Å². The Labute approximate surface area is 151 Å². The normalized spacial score (nSPS) is 16.3. The van der Waals surface area contributed by atoms with Crippen LogP contribution in [-0.4, -0.2) is 34.2 Å². The van der Waals surface area contributed by atoms with Gasteiger partial charge in [0.05, 0.1) is 5.71 Å². The van der Waals surface area contributed by atoms with Gasteiger partial charge in [0.25, 0.3) is 5.91 Å². The van der Waals surface area contributed by atoms with Crippen molar-refractivity contribution < 1.29 is 9.63 Å². The van der Waals surface area contributed by atoms with E-state index < -0.39 is 6.10 Å². The van der Waals surface area contributed by atoms with E-state index in [4.69, 9.17) is 4.84 Å². The lowest BCUT2D eigenvalue weighted by Crippen LogP contribution is -2.35. The zero-order valence-electron chi connectivity index (χ0n) is 14.5. The fourth-order valence-corrected chi connectivity index (χ4v) is 3.24. The number of pyridine rings is 1. The van der Waals surface area contributed by atoms with E-state index in [0.29, 0.717) is 13.0 Å². The zero-order valence-corrected chi connectivity index (χ0v) is 14.5. The van der Waals surface area contributed by atoms with Gasteiger partial charge in [-0.1, -0.05) is 23.4 Å². The molecule has 0 radical (unpaired) electrons. The molecule has 0 spiro atoms. The average Bonchev–Trinajstić information content (AvgIpc) is 3.31. The Hall–Kier alpha value is -3.15. The quantitative estimate of drug-likeness (QED) is 0.744. The first-order chi connectivity index (χ1) is 12.7. The molecule has 6 nitrogen and oxygen atoms in total. The molecular formula is C20H20N4O2. The second-order valence-corrected chi connectivity index (χ2v) is 6.42. The maximum atomic E-state index is 12.3. The van der Waals surface area contributed by atoms with Gasteiger partial charge in [-0.15, -0.1) is 0 Å². The Morgan fingerprint density at radius 1 is 1.31 bits per heavy atom. The highest BCUT2D eigenvalue weighted by molar-refractivity contribution is 6.03. The van der Waals surface area contributed by atoms with Gasteiger partial charge in [0, 0.05) is 48.0 Å². The van der Waals surface area contributed by atoms with Crippen molar-refractivity contribution in [2.24, 2.45) is 5.16 Å². The number of rotatable bonds is 5. The number of hydrogen-bond donors (Lipinski definition) is 2. The molecule has 0 aliphatic carbocycles. The minimum Gasteiger partial charge on any atom is -0.382 e. The van der Waals surface area contributed by atoms with Crippen LogP contribution in [0, 0.1) is 6.92 Å². The number of carbonyl (C=O) groups is 1. The number of benzene rings is 1. The number of amides is 1. The zero-order chi connectivity index (χ0) is 17.9. The molecule has 0 fully saturated rings. The van der Waals surface area contributed by atoms with Crippen molar-refractivity contribution in [1.82, 2.24) is 15.3 Å². The van der Waals surface area contributed by atoms with Crippen LogP contribution in [0.3, 0.4) is 0 Å². The topological polar surface area (TPSA) is 79.4 Å². The maximum Gasteiger partial charge on any atom is 0.264 e. The molecule has 0 bridgehead atoms. The van der Waals surface area contributed by atoms with Gasteiger partial charge in [0.1, 0.15) is 0 Å². The lowest BCUT2D eigenvalue weighted by Gasteiger charge is -2.09. The number of fused-ring (bicyclic) bond motifs is 1. The summed E-state index contributed by atoms with van der Waals surface area (Å²) in [6.07, 6.45) is 6.09. The monoisotopic (exact) mass is 348 g/mol. The van der Waals surface area contributed by atoms with Crippen molar-refractivity contribution >= 4 is 22.5 Å². The summed E-state index contributed by atoms with van der Waals surface area (Å²) >= 11 is 0. The van der Waals surface area contributed by atoms with Crippen LogP contribution >= 0.6 is 0 Å². The molecule has 26 heavy (non-hydrogen) atoms. The minimum absolute atomic E-state index is 0.131. The molecule has 0 saturated carbocycles. The summed E-state index contributed by atoms with van der Waals surface area (Å²) in [6.45, 7) is 2.65. The molecule has 2 N–H and O–H groups in total. The second kappa shape index (κ2) is 7.00. The number of carbonyl (C=O) groups excluding carboxylic acids is 1. The summed E-state index contributed by atoms with van der Waals surface area (Å²) in [4.78, 5) is 24.9. The molecule has 1 atom stereocenters. The van der Waals surface area contributed by atoms with Gasteiger partial charge in [-0.2, -0.15) is 0 Å². The van der Waals surface area contributed by atoms with Crippen LogP contribution in [0.4, 0.5) is 0 Å². The van der Waals surface area contributed by atoms with Crippen molar-refractivity contribution in [2.75, 3.05) is 6.54 Å². The third-order valence-corrected chi connectivity index (χ3v) is 4.68. The molecule has 4 rings (SSSR count). The van der Waals surface area contributed by atoms with Crippen LogP contribution < -0.4 is 5.32 Å². The van der Waals surface area contributed by atoms with E-state index in [1.807, 2.05) is 18.3 Å². The lowest BCUT2D eigenvalue weighted by atomic mass is 10.1. The van der Waals surface area contributed by atoms with E-state index in [2.05, 4.69) is 45.6 Å². The van der Waals surface area contributed by atoms with Crippen LogP contribution in [0.1, 0.15) is 23.1 Å². The van der Waals surface area contributed by atoms with E-state index in [0.717, 1.165) is 23.2 Å². The fourth-order valence-electron chi connectivity index (χ4n) is 3.24. The number of oxime groups is 1. The summed E-state index contributed by atoms with van der Waals surface area (Å²) in [7, 11) is 0. The van der Waals surface area contributed by atoms with Gasteiger partial charge < -0.3 is 15.1 Å². The summed E-state index contributed by atoms with van der Waals surface area (Å²) in [6, 6.07) is 9.97. The summed E-state index contributed by atoms with van der Waals surface area (Å²) < 4.78 is 0. The Balaban J connectivity index is 1.31. The van der Waals surface area contributed by atoms with Gasteiger partial charge in [0.15, 0.2) is 0 Å². The number of aromatic amines is 1. The highest BCUT2D eigenvalue weighted by atomic mass is 16.6. The smallest absolute Gasteiger partial charge is 0.264 e. The SMILES string of the molecule is Cc1cccc2c(CCNC(=O)[C@H]3CC(c4ccncc4)=NO3)c[nH]c12. The van der Waals surface area contributed by atoms with E-state index >= 15 is 0 Å². The molecule has 0 unspecified atom stereocenters. The predicted octanol–water partition coefficient (Wildman–Crippen LogP) is 2.72. The highest BCUT2D eigenvalue weighted by Gasteiger charge is 2.28.